The zero-order valence-corrected chi connectivity index (χ0v) is 15.1. The average Bonchev–Trinajstić information content (AvgIpc) is 2.65. The normalized spacial score (nSPS) is 14.7. The molecule has 2 rings (SSSR count). The predicted molar refractivity (Wildman–Crippen MR) is 71.3 cm³/mol. The zero-order chi connectivity index (χ0) is 27.9. The van der Waals surface area contributed by atoms with Gasteiger partial charge in [-0.2, -0.15) is 52.7 Å². The van der Waals surface area contributed by atoms with Crippen LogP contribution in [0.15, 0.2) is 0 Å². The SMILES string of the molecule is Fc1c(F)c(F)c2c(C(F)(C(F)(F)F)C(F)(F)F)c(F)c(C(F)(C(F)(F)F)C(F)(F)F)nc2c1F. The van der Waals surface area contributed by atoms with Crippen molar-refractivity contribution in [3.8, 4) is 0 Å². The molecule has 198 valence electrons. The monoisotopic (exact) mass is 555 g/mol. The molecule has 0 bridgehead atoms. The molecule has 0 aliphatic rings. The van der Waals surface area contributed by atoms with Crippen LogP contribution in [0.25, 0.3) is 10.9 Å². The molecule has 0 saturated carbocycles. The topological polar surface area (TPSA) is 12.9 Å². The van der Waals surface area contributed by atoms with E-state index in [1.807, 2.05) is 0 Å². The van der Waals surface area contributed by atoms with Crippen molar-refractivity contribution >= 4 is 10.9 Å². The highest BCUT2D eigenvalue weighted by molar-refractivity contribution is 5.85. The second-order valence-electron chi connectivity index (χ2n) is 6.44. The first kappa shape index (κ1) is 28.5. The number of alkyl halides is 14. The fourth-order valence-electron chi connectivity index (χ4n) is 2.77. The number of aromatic nitrogens is 1. The fraction of sp³-hybridized carbons (Fsp3) is 0.400. The van der Waals surface area contributed by atoms with E-state index in [-0.39, 0.29) is 0 Å². The molecule has 0 fully saturated rings. The molecule has 0 atom stereocenters. The van der Waals surface area contributed by atoms with Crippen molar-refractivity contribution in [3.63, 3.8) is 0 Å². The molecule has 0 N–H and O–H groups in total. The summed E-state index contributed by atoms with van der Waals surface area (Å²) in [7, 11) is 0. The van der Waals surface area contributed by atoms with E-state index in [0.29, 0.717) is 0 Å². The maximum absolute atomic E-state index is 14.6. The molecule has 1 aromatic heterocycles. The van der Waals surface area contributed by atoms with Gasteiger partial charge < -0.3 is 0 Å². The third-order valence-electron chi connectivity index (χ3n) is 4.38. The van der Waals surface area contributed by atoms with Gasteiger partial charge in [0.25, 0.3) is 0 Å². The molecule has 2 aromatic rings. The summed E-state index contributed by atoms with van der Waals surface area (Å²) >= 11 is 0. The van der Waals surface area contributed by atoms with Gasteiger partial charge in [-0.15, -0.1) is 0 Å². The minimum Gasteiger partial charge on any atom is -0.242 e. The molecule has 0 unspecified atom stereocenters. The molecule has 0 saturated heterocycles. The minimum atomic E-state index is -7.67. The Morgan fingerprint density at radius 2 is 0.743 bits per heavy atom. The summed E-state index contributed by atoms with van der Waals surface area (Å²) in [6.07, 6.45) is -30.5. The number of nitrogens with zero attached hydrogens (tertiary/aromatic N) is 1. The largest absolute Gasteiger partial charge is 0.437 e. The van der Waals surface area contributed by atoms with Crippen molar-refractivity contribution in [1.29, 1.82) is 0 Å². The summed E-state index contributed by atoms with van der Waals surface area (Å²) in [6, 6.07) is 0. The number of fused-ring (bicyclic) bond motifs is 1. The van der Waals surface area contributed by atoms with Crippen molar-refractivity contribution < 1.29 is 83.4 Å². The number of benzene rings is 1. The van der Waals surface area contributed by atoms with Crippen LogP contribution in [0, 0.1) is 29.1 Å². The predicted octanol–water partition coefficient (Wildman–Crippen LogP) is 7.51. The number of halogens is 19. The molecule has 1 nitrogen and oxygen atoms in total. The van der Waals surface area contributed by atoms with Gasteiger partial charge in [0.2, 0.25) is 0 Å². The van der Waals surface area contributed by atoms with Gasteiger partial charge in [-0.3, -0.25) is 0 Å². The van der Waals surface area contributed by atoms with Gasteiger partial charge in [-0.05, 0) is 0 Å². The van der Waals surface area contributed by atoms with Crippen molar-refractivity contribution in [2.24, 2.45) is 0 Å². The summed E-state index contributed by atoms with van der Waals surface area (Å²) in [5.74, 6) is -18.1. The molecule has 20 heteroatoms. The summed E-state index contributed by atoms with van der Waals surface area (Å²) in [6.45, 7) is 0. The Morgan fingerprint density at radius 3 is 1.09 bits per heavy atom. The molecule has 1 heterocycles. The summed E-state index contributed by atoms with van der Waals surface area (Å²) in [5, 5.41) is -3.36. The van der Waals surface area contributed by atoms with Crippen molar-refractivity contribution in [2.45, 2.75) is 36.0 Å². The highest BCUT2D eigenvalue weighted by Crippen LogP contribution is 2.59. The Labute approximate surface area is 177 Å². The Morgan fingerprint density at radius 1 is 0.400 bits per heavy atom. The Hall–Kier alpha value is -2.70. The van der Waals surface area contributed by atoms with Crippen LogP contribution in [-0.4, -0.2) is 29.7 Å². The maximum Gasteiger partial charge on any atom is 0.437 e. The summed E-state index contributed by atoms with van der Waals surface area (Å²) < 4.78 is 255. The van der Waals surface area contributed by atoms with E-state index in [4.69, 9.17) is 0 Å². The number of pyridine rings is 1. The van der Waals surface area contributed by atoms with Gasteiger partial charge in [0.1, 0.15) is 11.2 Å². The number of hydrogen-bond donors (Lipinski definition) is 0. The van der Waals surface area contributed by atoms with Crippen LogP contribution in [0.3, 0.4) is 0 Å². The van der Waals surface area contributed by atoms with Crippen LogP contribution < -0.4 is 0 Å². The second kappa shape index (κ2) is 7.65. The van der Waals surface area contributed by atoms with E-state index in [1.165, 1.54) is 0 Å². The Bertz CT molecular complexity index is 1140. The molecule has 0 aliphatic heterocycles. The quantitative estimate of drug-likeness (QED) is 0.213. The van der Waals surface area contributed by atoms with Gasteiger partial charge in [0.15, 0.2) is 29.1 Å². The molecule has 0 radical (unpaired) electrons. The van der Waals surface area contributed by atoms with Crippen LogP contribution >= 0.6 is 0 Å². The van der Waals surface area contributed by atoms with Crippen molar-refractivity contribution in [3.05, 3.63) is 40.3 Å². The fourth-order valence-corrected chi connectivity index (χ4v) is 2.77. The zero-order valence-electron chi connectivity index (χ0n) is 15.1. The smallest absolute Gasteiger partial charge is 0.242 e. The minimum absolute atomic E-state index is 1.57. The van der Waals surface area contributed by atoms with E-state index < -0.39 is 87.3 Å². The van der Waals surface area contributed by atoms with Gasteiger partial charge in [-0.25, -0.2) is 35.7 Å². The molecular weight excluding hydrogens is 555 g/mol. The van der Waals surface area contributed by atoms with Crippen molar-refractivity contribution in [2.75, 3.05) is 0 Å². The van der Waals surface area contributed by atoms with Gasteiger partial charge in [-0.1, -0.05) is 0 Å². The van der Waals surface area contributed by atoms with E-state index >= 15 is 0 Å². The van der Waals surface area contributed by atoms with Crippen LogP contribution in [0.1, 0.15) is 11.3 Å². The lowest BCUT2D eigenvalue weighted by Crippen LogP contribution is -2.54. The maximum atomic E-state index is 14.6. The van der Waals surface area contributed by atoms with E-state index in [0.717, 1.165) is 0 Å². The third-order valence-corrected chi connectivity index (χ3v) is 4.38. The third kappa shape index (κ3) is 3.69. The van der Waals surface area contributed by atoms with Crippen LogP contribution in [0.2, 0.25) is 0 Å². The van der Waals surface area contributed by atoms with Gasteiger partial charge >= 0.3 is 36.0 Å². The van der Waals surface area contributed by atoms with E-state index in [1.54, 1.807) is 4.98 Å². The van der Waals surface area contributed by atoms with E-state index in [2.05, 4.69) is 0 Å². The van der Waals surface area contributed by atoms with Crippen molar-refractivity contribution in [1.82, 2.24) is 4.98 Å². The first-order chi connectivity index (χ1) is 15.3. The van der Waals surface area contributed by atoms with Gasteiger partial charge in [0.05, 0.1) is 10.9 Å². The number of hydrogen-bond acceptors (Lipinski definition) is 1. The van der Waals surface area contributed by atoms with Crippen LogP contribution in [0.5, 0.6) is 0 Å². The Kier molecular flexibility index (Phi) is 6.24. The lowest BCUT2D eigenvalue weighted by Gasteiger charge is -2.34. The molecule has 0 spiro atoms. The van der Waals surface area contributed by atoms with E-state index in [9.17, 15) is 83.4 Å². The average molecular weight is 555 g/mol. The lowest BCUT2D eigenvalue weighted by atomic mass is 9.86. The molecule has 0 amide bonds. The van der Waals surface area contributed by atoms with Crippen LogP contribution in [0.4, 0.5) is 83.4 Å². The lowest BCUT2D eigenvalue weighted by molar-refractivity contribution is -0.352. The summed E-state index contributed by atoms with van der Waals surface area (Å²) in [5.41, 5.74) is -26.7. The Balaban J connectivity index is 3.48. The van der Waals surface area contributed by atoms with Crippen LogP contribution in [-0.2, 0) is 11.3 Å². The molecule has 35 heavy (non-hydrogen) atoms. The van der Waals surface area contributed by atoms with Gasteiger partial charge in [0, 0.05) is 0 Å². The second-order valence-corrected chi connectivity index (χ2v) is 6.44. The molecule has 1 aromatic carbocycles. The highest BCUT2D eigenvalue weighted by Gasteiger charge is 2.78. The molecule has 0 aliphatic carbocycles. The summed E-state index contributed by atoms with van der Waals surface area (Å²) in [4.78, 5) is 1.57. The number of rotatable bonds is 2. The highest BCUT2D eigenvalue weighted by atomic mass is 19.4. The standard InChI is InChI=1S/C15F19N/c16-3-1-2(10(21,12(23,24)25)13(26,27)28)4(17)9(11(22,14(29,30)31)15(32,33)34)35-8(1)7(20)6(19)5(3)18. The first-order valence-electron chi connectivity index (χ1n) is 7.79. The molecular formula is C15F19N. The first-order valence-corrected chi connectivity index (χ1v) is 7.79.